The van der Waals surface area contributed by atoms with E-state index in [2.05, 4.69) is 29.4 Å². The molecule has 1 aliphatic rings. The Bertz CT molecular complexity index is 354. The molecule has 2 rings (SSSR count). The van der Waals surface area contributed by atoms with Gasteiger partial charge in [0.2, 0.25) is 0 Å². The molecule has 3 nitrogen and oxygen atoms in total. The van der Waals surface area contributed by atoms with Gasteiger partial charge in [-0.25, -0.2) is 0 Å². The molecular weight excluding hydrogens is 212 g/mol. The molecule has 94 valence electrons. The molecule has 0 aromatic heterocycles. The fraction of sp³-hybridized carbons (Fsp3) is 0.571. The summed E-state index contributed by atoms with van der Waals surface area (Å²) in [6, 6.07) is 8.79. The Balaban J connectivity index is 1.95. The van der Waals surface area contributed by atoms with Crippen LogP contribution in [-0.4, -0.2) is 37.7 Å². The number of ether oxygens (including phenoxy) is 1. The summed E-state index contributed by atoms with van der Waals surface area (Å²) >= 11 is 0. The highest BCUT2D eigenvalue weighted by Gasteiger charge is 2.16. The van der Waals surface area contributed by atoms with Crippen molar-refractivity contribution in [2.75, 3.05) is 32.1 Å². The minimum absolute atomic E-state index is 0.561. The summed E-state index contributed by atoms with van der Waals surface area (Å²) in [6.45, 7) is 5.07. The molecule has 1 atom stereocenters. The molecule has 1 unspecified atom stereocenters. The van der Waals surface area contributed by atoms with Crippen molar-refractivity contribution in [2.24, 2.45) is 0 Å². The Labute approximate surface area is 104 Å². The number of anilines is 1. The van der Waals surface area contributed by atoms with E-state index in [1.54, 1.807) is 0 Å². The highest BCUT2D eigenvalue weighted by atomic mass is 16.5. The minimum atomic E-state index is 0.561. The van der Waals surface area contributed by atoms with E-state index < -0.39 is 0 Å². The molecule has 0 aliphatic carbocycles. The Morgan fingerprint density at radius 2 is 2.35 bits per heavy atom. The standard InChI is InChI=1S/C14H22N2O/c1-3-17-14-8-4-6-12(10-14)15-13-7-5-9-16(2)11-13/h4,6,8,10,13,15H,3,5,7,9,11H2,1-2H3. The van der Waals surface area contributed by atoms with Gasteiger partial charge in [-0.15, -0.1) is 0 Å². The van der Waals surface area contributed by atoms with Crippen molar-refractivity contribution >= 4 is 5.69 Å². The number of hydrogen-bond donors (Lipinski definition) is 1. The third-order valence-electron chi connectivity index (χ3n) is 3.14. The lowest BCUT2D eigenvalue weighted by Crippen LogP contribution is -2.39. The second-order valence-corrected chi connectivity index (χ2v) is 4.71. The van der Waals surface area contributed by atoms with Crippen LogP contribution >= 0.6 is 0 Å². The van der Waals surface area contributed by atoms with Gasteiger partial charge >= 0.3 is 0 Å². The first kappa shape index (κ1) is 12.2. The summed E-state index contributed by atoms with van der Waals surface area (Å²) in [5, 5.41) is 3.59. The van der Waals surface area contributed by atoms with Crippen LogP contribution < -0.4 is 10.1 Å². The number of likely N-dealkylation sites (N-methyl/N-ethyl adjacent to an activating group) is 1. The average Bonchev–Trinajstić information content (AvgIpc) is 2.30. The van der Waals surface area contributed by atoms with Crippen LogP contribution in [0.5, 0.6) is 5.75 Å². The summed E-state index contributed by atoms with van der Waals surface area (Å²) in [5.74, 6) is 0.946. The van der Waals surface area contributed by atoms with Crippen molar-refractivity contribution in [1.82, 2.24) is 4.90 Å². The molecule has 3 heteroatoms. The van der Waals surface area contributed by atoms with E-state index >= 15 is 0 Å². The molecule has 1 aromatic carbocycles. The van der Waals surface area contributed by atoms with Crippen molar-refractivity contribution in [1.29, 1.82) is 0 Å². The van der Waals surface area contributed by atoms with E-state index in [1.807, 2.05) is 19.1 Å². The zero-order chi connectivity index (χ0) is 12.1. The monoisotopic (exact) mass is 234 g/mol. The highest BCUT2D eigenvalue weighted by molar-refractivity contribution is 5.49. The van der Waals surface area contributed by atoms with E-state index in [9.17, 15) is 0 Å². The van der Waals surface area contributed by atoms with Crippen molar-refractivity contribution in [2.45, 2.75) is 25.8 Å². The number of rotatable bonds is 4. The molecule has 1 aromatic rings. The van der Waals surface area contributed by atoms with Gasteiger partial charge in [0.1, 0.15) is 5.75 Å². The molecule has 0 spiro atoms. The molecular formula is C14H22N2O. The minimum Gasteiger partial charge on any atom is -0.494 e. The normalized spacial score (nSPS) is 21.2. The maximum Gasteiger partial charge on any atom is 0.121 e. The number of hydrogen-bond acceptors (Lipinski definition) is 3. The summed E-state index contributed by atoms with van der Waals surface area (Å²) in [7, 11) is 2.18. The third-order valence-corrected chi connectivity index (χ3v) is 3.14. The van der Waals surface area contributed by atoms with E-state index in [0.29, 0.717) is 6.04 Å². The molecule has 0 bridgehead atoms. The lowest BCUT2D eigenvalue weighted by atomic mass is 10.1. The van der Waals surface area contributed by atoms with Gasteiger partial charge in [0, 0.05) is 24.3 Å². The fourth-order valence-electron chi connectivity index (χ4n) is 2.36. The fourth-order valence-corrected chi connectivity index (χ4v) is 2.36. The molecule has 1 saturated heterocycles. The van der Waals surface area contributed by atoms with Crippen LogP contribution in [0.25, 0.3) is 0 Å². The molecule has 1 N–H and O–H groups in total. The van der Waals surface area contributed by atoms with E-state index in [1.165, 1.54) is 19.4 Å². The molecule has 1 fully saturated rings. The van der Waals surface area contributed by atoms with Gasteiger partial charge in [-0.05, 0) is 45.5 Å². The van der Waals surface area contributed by atoms with Crippen LogP contribution in [-0.2, 0) is 0 Å². The molecule has 1 aliphatic heterocycles. The lowest BCUT2D eigenvalue weighted by Gasteiger charge is -2.30. The summed E-state index contributed by atoms with van der Waals surface area (Å²) in [6.07, 6.45) is 2.53. The number of nitrogens with zero attached hydrogens (tertiary/aromatic N) is 1. The number of likely N-dealkylation sites (tertiary alicyclic amines) is 1. The molecule has 17 heavy (non-hydrogen) atoms. The Hall–Kier alpha value is -1.22. The Kier molecular flexibility index (Phi) is 4.26. The number of nitrogens with one attached hydrogen (secondary N) is 1. The smallest absolute Gasteiger partial charge is 0.121 e. The third kappa shape index (κ3) is 3.63. The first-order chi connectivity index (χ1) is 8.28. The van der Waals surface area contributed by atoms with E-state index in [0.717, 1.165) is 24.6 Å². The molecule has 0 amide bonds. The predicted molar refractivity (Wildman–Crippen MR) is 71.8 cm³/mol. The zero-order valence-corrected chi connectivity index (χ0v) is 10.8. The first-order valence-corrected chi connectivity index (χ1v) is 6.46. The summed E-state index contributed by atoms with van der Waals surface area (Å²) < 4.78 is 5.51. The van der Waals surface area contributed by atoms with Crippen molar-refractivity contribution in [3.8, 4) is 5.75 Å². The van der Waals surface area contributed by atoms with Crippen LogP contribution in [0.4, 0.5) is 5.69 Å². The maximum absolute atomic E-state index is 5.51. The Morgan fingerprint density at radius 3 is 3.12 bits per heavy atom. The van der Waals surface area contributed by atoms with Crippen LogP contribution in [0.2, 0.25) is 0 Å². The lowest BCUT2D eigenvalue weighted by molar-refractivity contribution is 0.261. The topological polar surface area (TPSA) is 24.5 Å². The van der Waals surface area contributed by atoms with Gasteiger partial charge in [0.15, 0.2) is 0 Å². The molecule has 1 heterocycles. The van der Waals surface area contributed by atoms with Crippen LogP contribution in [0.3, 0.4) is 0 Å². The van der Waals surface area contributed by atoms with Gasteiger partial charge in [-0.3, -0.25) is 0 Å². The number of piperidine rings is 1. The van der Waals surface area contributed by atoms with Gasteiger partial charge in [-0.1, -0.05) is 6.07 Å². The highest BCUT2D eigenvalue weighted by Crippen LogP contribution is 2.20. The predicted octanol–water partition coefficient (Wildman–Crippen LogP) is 2.59. The van der Waals surface area contributed by atoms with Crippen molar-refractivity contribution in [3.05, 3.63) is 24.3 Å². The number of benzene rings is 1. The first-order valence-electron chi connectivity index (χ1n) is 6.46. The van der Waals surface area contributed by atoms with Crippen molar-refractivity contribution < 1.29 is 4.74 Å². The summed E-state index contributed by atoms with van der Waals surface area (Å²) in [4.78, 5) is 2.38. The van der Waals surface area contributed by atoms with Crippen molar-refractivity contribution in [3.63, 3.8) is 0 Å². The van der Waals surface area contributed by atoms with Gasteiger partial charge in [0.25, 0.3) is 0 Å². The van der Waals surface area contributed by atoms with E-state index in [4.69, 9.17) is 4.74 Å². The molecule has 0 radical (unpaired) electrons. The van der Waals surface area contributed by atoms with Crippen LogP contribution in [0, 0.1) is 0 Å². The zero-order valence-electron chi connectivity index (χ0n) is 10.8. The summed E-state index contributed by atoms with van der Waals surface area (Å²) in [5.41, 5.74) is 1.16. The van der Waals surface area contributed by atoms with Gasteiger partial charge in [-0.2, -0.15) is 0 Å². The maximum atomic E-state index is 5.51. The molecule has 0 saturated carbocycles. The largest absolute Gasteiger partial charge is 0.494 e. The van der Waals surface area contributed by atoms with Crippen LogP contribution in [0.1, 0.15) is 19.8 Å². The average molecular weight is 234 g/mol. The second-order valence-electron chi connectivity index (χ2n) is 4.71. The Morgan fingerprint density at radius 1 is 1.47 bits per heavy atom. The second kappa shape index (κ2) is 5.92. The van der Waals surface area contributed by atoms with Gasteiger partial charge in [0.05, 0.1) is 6.61 Å². The SMILES string of the molecule is CCOc1cccc(NC2CCCN(C)C2)c1. The quantitative estimate of drug-likeness (QED) is 0.866. The van der Waals surface area contributed by atoms with Gasteiger partial charge < -0.3 is 15.0 Å². The van der Waals surface area contributed by atoms with E-state index in [-0.39, 0.29) is 0 Å². The van der Waals surface area contributed by atoms with Crippen LogP contribution in [0.15, 0.2) is 24.3 Å².